The summed E-state index contributed by atoms with van der Waals surface area (Å²) >= 11 is 1.55. The van der Waals surface area contributed by atoms with E-state index in [1.807, 2.05) is 24.3 Å². The van der Waals surface area contributed by atoms with Crippen LogP contribution in [0.1, 0.15) is 40.7 Å². The number of piperidine rings is 1. The second kappa shape index (κ2) is 9.28. The maximum Gasteiger partial charge on any atom is 0.258 e. The third-order valence-corrected chi connectivity index (χ3v) is 8.96. The summed E-state index contributed by atoms with van der Waals surface area (Å²) < 4.78 is 27.6. The van der Waals surface area contributed by atoms with E-state index < -0.39 is 10.0 Å². The molecular formula is C23H25N5O3S2. The second-order valence-corrected chi connectivity index (χ2v) is 11.1. The molecule has 1 fully saturated rings. The Hall–Kier alpha value is -2.69. The third kappa shape index (κ3) is 4.55. The summed E-state index contributed by atoms with van der Waals surface area (Å²) in [4.78, 5) is 19.3. The van der Waals surface area contributed by atoms with Crippen LogP contribution in [0, 0.1) is 0 Å². The van der Waals surface area contributed by atoms with Crippen molar-refractivity contribution in [1.29, 1.82) is 0 Å². The summed E-state index contributed by atoms with van der Waals surface area (Å²) in [5.41, 5.74) is 3.40. The first kappa shape index (κ1) is 22.1. The van der Waals surface area contributed by atoms with Gasteiger partial charge in [-0.15, -0.1) is 0 Å². The fraction of sp³-hybridized carbons (Fsp3) is 0.348. The van der Waals surface area contributed by atoms with E-state index in [2.05, 4.69) is 15.2 Å². The number of carbonyl (C=O) groups is 1. The van der Waals surface area contributed by atoms with Crippen LogP contribution < -0.4 is 4.90 Å². The number of rotatable bonds is 6. The fourth-order valence-corrected chi connectivity index (χ4v) is 6.62. The van der Waals surface area contributed by atoms with E-state index in [9.17, 15) is 13.2 Å². The molecule has 5 rings (SSSR count). The van der Waals surface area contributed by atoms with E-state index >= 15 is 0 Å². The number of aromatic amines is 1. The Labute approximate surface area is 197 Å². The van der Waals surface area contributed by atoms with Crippen LogP contribution in [-0.4, -0.2) is 53.4 Å². The highest BCUT2D eigenvalue weighted by Gasteiger charge is 2.30. The maximum atomic E-state index is 13.2. The summed E-state index contributed by atoms with van der Waals surface area (Å²) in [6.45, 7) is 1.71. The lowest BCUT2D eigenvalue weighted by Gasteiger charge is -2.26. The standard InChI is InChI=1S/C23H25N5O3S2/c29-22(18-6-4-17(5-7-18)15-32-23-24-16-25-26-23)28-13-10-19-14-20(8-9-21(19)28)33(30,31)27-11-2-1-3-12-27/h4-9,14,16H,1-3,10-13,15H2,(H,24,25,26). The molecule has 0 bridgehead atoms. The zero-order valence-corrected chi connectivity index (χ0v) is 19.7. The van der Waals surface area contributed by atoms with Crippen molar-refractivity contribution in [2.45, 2.75) is 41.5 Å². The molecule has 8 nitrogen and oxygen atoms in total. The molecule has 1 amide bonds. The predicted molar refractivity (Wildman–Crippen MR) is 127 cm³/mol. The van der Waals surface area contributed by atoms with Crippen molar-refractivity contribution < 1.29 is 13.2 Å². The molecule has 172 valence electrons. The van der Waals surface area contributed by atoms with Gasteiger partial charge in [-0.05, 0) is 60.7 Å². The lowest BCUT2D eigenvalue weighted by Crippen LogP contribution is -2.35. The number of amides is 1. The summed E-state index contributed by atoms with van der Waals surface area (Å²) in [5.74, 6) is 0.652. The third-order valence-electron chi connectivity index (χ3n) is 6.11. The van der Waals surface area contributed by atoms with Gasteiger partial charge in [0.2, 0.25) is 10.0 Å². The molecular weight excluding hydrogens is 458 g/mol. The Kier molecular flexibility index (Phi) is 6.22. The van der Waals surface area contributed by atoms with Gasteiger partial charge >= 0.3 is 0 Å². The van der Waals surface area contributed by atoms with Crippen LogP contribution in [0.3, 0.4) is 0 Å². The Morgan fingerprint density at radius 1 is 1.03 bits per heavy atom. The van der Waals surface area contributed by atoms with Gasteiger partial charge in [0.1, 0.15) is 6.33 Å². The molecule has 2 aromatic carbocycles. The number of sulfonamides is 1. The van der Waals surface area contributed by atoms with Crippen molar-refractivity contribution in [1.82, 2.24) is 19.5 Å². The number of nitrogens with one attached hydrogen (secondary N) is 1. The van der Waals surface area contributed by atoms with E-state index in [-0.39, 0.29) is 5.91 Å². The first-order chi connectivity index (χ1) is 16.0. The topological polar surface area (TPSA) is 99.3 Å². The van der Waals surface area contributed by atoms with Crippen molar-refractivity contribution in [2.75, 3.05) is 24.5 Å². The highest BCUT2D eigenvalue weighted by molar-refractivity contribution is 7.98. The number of thioether (sulfide) groups is 1. The lowest BCUT2D eigenvalue weighted by atomic mass is 10.1. The van der Waals surface area contributed by atoms with Crippen LogP contribution in [0.15, 0.2) is 58.8 Å². The zero-order valence-electron chi connectivity index (χ0n) is 18.1. The van der Waals surface area contributed by atoms with Crippen LogP contribution >= 0.6 is 11.8 Å². The molecule has 0 spiro atoms. The molecule has 0 saturated carbocycles. The van der Waals surface area contributed by atoms with Gasteiger partial charge in [0.25, 0.3) is 5.91 Å². The molecule has 0 atom stereocenters. The number of hydrogen-bond donors (Lipinski definition) is 1. The molecule has 1 aromatic heterocycles. The van der Waals surface area contributed by atoms with Crippen molar-refractivity contribution in [3.63, 3.8) is 0 Å². The summed E-state index contributed by atoms with van der Waals surface area (Å²) in [6, 6.07) is 12.7. The Morgan fingerprint density at radius 3 is 2.55 bits per heavy atom. The molecule has 33 heavy (non-hydrogen) atoms. The smallest absolute Gasteiger partial charge is 0.258 e. The predicted octanol–water partition coefficient (Wildman–Crippen LogP) is 3.47. The molecule has 3 heterocycles. The van der Waals surface area contributed by atoms with Crippen LogP contribution in [0.25, 0.3) is 0 Å². The fourth-order valence-electron chi connectivity index (χ4n) is 4.32. The number of fused-ring (bicyclic) bond motifs is 1. The van der Waals surface area contributed by atoms with Crippen molar-refractivity contribution in [3.05, 3.63) is 65.5 Å². The molecule has 2 aliphatic heterocycles. The first-order valence-corrected chi connectivity index (χ1v) is 13.5. The van der Waals surface area contributed by atoms with Gasteiger partial charge in [-0.3, -0.25) is 9.89 Å². The molecule has 0 radical (unpaired) electrons. The van der Waals surface area contributed by atoms with Crippen LogP contribution in [0.4, 0.5) is 5.69 Å². The van der Waals surface area contributed by atoms with Gasteiger partial charge in [0, 0.05) is 36.6 Å². The second-order valence-electron chi connectivity index (χ2n) is 8.24. The number of aromatic nitrogens is 3. The van der Waals surface area contributed by atoms with E-state index in [4.69, 9.17) is 0 Å². The average molecular weight is 484 g/mol. The number of H-pyrrole nitrogens is 1. The minimum atomic E-state index is -3.48. The molecule has 0 unspecified atom stereocenters. The van der Waals surface area contributed by atoms with Gasteiger partial charge in [-0.25, -0.2) is 13.4 Å². The minimum Gasteiger partial charge on any atom is -0.308 e. The van der Waals surface area contributed by atoms with Gasteiger partial charge < -0.3 is 4.90 Å². The van der Waals surface area contributed by atoms with Crippen molar-refractivity contribution in [2.24, 2.45) is 0 Å². The number of anilines is 1. The summed E-state index contributed by atoms with van der Waals surface area (Å²) in [6.07, 6.45) is 5.02. The highest BCUT2D eigenvalue weighted by Crippen LogP contribution is 2.33. The number of hydrogen-bond acceptors (Lipinski definition) is 6. The SMILES string of the molecule is O=C(c1ccc(CSc2ncn[nH]2)cc1)N1CCc2cc(S(=O)(=O)N3CCCCC3)ccc21. The summed E-state index contributed by atoms with van der Waals surface area (Å²) in [5, 5.41) is 7.40. The quantitative estimate of drug-likeness (QED) is 0.539. The number of carbonyl (C=O) groups excluding carboxylic acids is 1. The molecule has 2 aliphatic rings. The lowest BCUT2D eigenvalue weighted by molar-refractivity contribution is 0.0989. The first-order valence-electron chi connectivity index (χ1n) is 11.0. The molecule has 0 aliphatic carbocycles. The number of nitrogens with zero attached hydrogens (tertiary/aromatic N) is 4. The summed E-state index contributed by atoms with van der Waals surface area (Å²) in [7, 11) is -3.48. The van der Waals surface area contributed by atoms with Crippen molar-refractivity contribution in [3.8, 4) is 0 Å². The molecule has 3 aromatic rings. The normalized spacial score (nSPS) is 16.7. The largest absolute Gasteiger partial charge is 0.308 e. The van der Waals surface area contributed by atoms with E-state index in [0.717, 1.165) is 47.0 Å². The monoisotopic (exact) mass is 483 g/mol. The molecule has 1 N–H and O–H groups in total. The minimum absolute atomic E-state index is 0.0742. The Bertz CT molecular complexity index is 1240. The Balaban J connectivity index is 1.29. The van der Waals surface area contributed by atoms with Crippen molar-refractivity contribution >= 4 is 33.4 Å². The Morgan fingerprint density at radius 2 is 1.82 bits per heavy atom. The highest BCUT2D eigenvalue weighted by atomic mass is 32.2. The number of benzene rings is 2. The van der Waals surface area contributed by atoms with E-state index in [0.29, 0.717) is 36.5 Å². The molecule has 10 heteroatoms. The average Bonchev–Trinajstić information content (AvgIpc) is 3.53. The van der Waals surface area contributed by atoms with E-state index in [1.54, 1.807) is 39.2 Å². The molecule has 1 saturated heterocycles. The van der Waals surface area contributed by atoms with E-state index in [1.165, 1.54) is 6.33 Å². The van der Waals surface area contributed by atoms with Crippen LogP contribution in [0.2, 0.25) is 0 Å². The van der Waals surface area contributed by atoms with Gasteiger partial charge in [0.05, 0.1) is 4.90 Å². The van der Waals surface area contributed by atoms with Gasteiger partial charge in [-0.1, -0.05) is 30.3 Å². The van der Waals surface area contributed by atoms with Gasteiger partial charge in [0.15, 0.2) is 5.16 Å². The van der Waals surface area contributed by atoms with Gasteiger partial charge in [-0.2, -0.15) is 9.40 Å². The van der Waals surface area contributed by atoms with Crippen LogP contribution in [-0.2, 0) is 22.2 Å². The maximum absolute atomic E-state index is 13.2. The zero-order chi connectivity index (χ0) is 22.8. The van der Waals surface area contributed by atoms with Crippen LogP contribution in [0.5, 0.6) is 0 Å².